The first-order valence-electron chi connectivity index (χ1n) is 10.1. The molecule has 0 bridgehead atoms. The van der Waals surface area contributed by atoms with E-state index in [0.717, 1.165) is 62.8 Å². The third-order valence-corrected chi connectivity index (χ3v) is 6.70. The highest BCUT2D eigenvalue weighted by atomic mass is 16.3. The lowest BCUT2D eigenvalue weighted by Crippen LogP contribution is -2.39. The first-order chi connectivity index (χ1) is 13.1. The molecular weight excluding hydrogens is 344 g/mol. The van der Waals surface area contributed by atoms with Crippen LogP contribution in [0.15, 0.2) is 23.0 Å². The monoisotopic (exact) mass is 370 g/mol. The number of hydrogen-bond acceptors (Lipinski definition) is 4. The fourth-order valence-electron chi connectivity index (χ4n) is 5.21. The molecule has 3 fully saturated rings. The van der Waals surface area contributed by atoms with E-state index in [1.165, 1.54) is 0 Å². The summed E-state index contributed by atoms with van der Waals surface area (Å²) in [4.78, 5) is 30.5. The van der Waals surface area contributed by atoms with E-state index in [0.29, 0.717) is 17.5 Å². The van der Waals surface area contributed by atoms with Gasteiger partial charge in [-0.2, -0.15) is 0 Å². The molecule has 0 spiro atoms. The number of nitrogens with zero attached hydrogens (tertiary/aromatic N) is 2. The number of aliphatic hydroxyl groups is 1. The Hall–Kier alpha value is -2.12. The summed E-state index contributed by atoms with van der Waals surface area (Å²) in [5, 5.41) is 13.1. The molecule has 1 aliphatic carbocycles. The summed E-state index contributed by atoms with van der Waals surface area (Å²) >= 11 is 0. The molecule has 3 heterocycles. The van der Waals surface area contributed by atoms with E-state index in [2.05, 4.69) is 10.3 Å². The molecule has 7 nitrogen and oxygen atoms in total. The van der Waals surface area contributed by atoms with Gasteiger partial charge in [0.25, 0.3) is 5.91 Å². The third-order valence-electron chi connectivity index (χ3n) is 6.70. The second-order valence-corrected chi connectivity index (χ2v) is 8.27. The van der Waals surface area contributed by atoms with E-state index in [1.807, 2.05) is 27.7 Å². The number of aromatic nitrogens is 2. The highest BCUT2D eigenvalue weighted by Crippen LogP contribution is 2.31. The molecule has 3 N–H and O–H groups in total. The number of hydrogen-bond donors (Lipinski definition) is 3. The van der Waals surface area contributed by atoms with E-state index < -0.39 is 0 Å². The van der Waals surface area contributed by atoms with Gasteiger partial charge in [0.05, 0.1) is 17.1 Å². The van der Waals surface area contributed by atoms with Crippen molar-refractivity contribution in [3.63, 3.8) is 0 Å². The first-order valence-corrected chi connectivity index (χ1v) is 10.1. The van der Waals surface area contributed by atoms with Crippen LogP contribution >= 0.6 is 0 Å². The Balaban J connectivity index is 1.44. The zero-order valence-corrected chi connectivity index (χ0v) is 15.4. The number of carbonyl (C=O) groups is 1. The predicted molar refractivity (Wildman–Crippen MR) is 102 cm³/mol. The molecule has 3 aliphatic rings. The zero-order chi connectivity index (χ0) is 18.5. The maximum Gasteiger partial charge on any atom is 0.326 e. The number of fused-ring (bicyclic) bond motifs is 2. The Labute approximate surface area is 157 Å². The van der Waals surface area contributed by atoms with Crippen LogP contribution in [0.3, 0.4) is 0 Å². The third kappa shape index (κ3) is 2.80. The average molecular weight is 370 g/mol. The predicted octanol–water partition coefficient (Wildman–Crippen LogP) is 1.24. The van der Waals surface area contributed by atoms with Gasteiger partial charge in [-0.1, -0.05) is 0 Å². The molecule has 2 aliphatic heterocycles. The number of imidazole rings is 1. The Bertz CT molecular complexity index is 925. The number of nitrogens with one attached hydrogen (secondary N) is 2. The summed E-state index contributed by atoms with van der Waals surface area (Å²) in [7, 11) is 0. The fraction of sp³-hybridized carbons (Fsp3) is 0.600. The van der Waals surface area contributed by atoms with Gasteiger partial charge in [-0.15, -0.1) is 0 Å². The smallest absolute Gasteiger partial charge is 0.326 e. The topological polar surface area (TPSA) is 90.4 Å². The highest BCUT2D eigenvalue weighted by molar-refractivity contribution is 5.97. The molecule has 0 radical (unpaired) electrons. The second kappa shape index (κ2) is 6.49. The highest BCUT2D eigenvalue weighted by Gasteiger charge is 2.40. The SMILES string of the molecule is O=C(c1ccc2c(c1)[nH]c(=O)n2C1CCC(O)CC1)N1CCC2CNCC21. The summed E-state index contributed by atoms with van der Waals surface area (Å²) in [6, 6.07) is 5.97. The van der Waals surface area contributed by atoms with E-state index in [1.54, 1.807) is 0 Å². The minimum atomic E-state index is -0.249. The Kier molecular flexibility index (Phi) is 4.09. The zero-order valence-electron chi connectivity index (χ0n) is 15.4. The van der Waals surface area contributed by atoms with Crippen LogP contribution in [0.4, 0.5) is 0 Å². The number of aromatic amines is 1. The molecule has 1 amide bonds. The standard InChI is InChI=1S/C20H26N4O3/c25-15-4-2-14(3-5-15)24-17-6-1-12(9-16(17)22-20(24)27)19(26)23-8-7-13-10-21-11-18(13)23/h1,6,9,13-15,18,21,25H,2-5,7-8,10-11H2,(H,22,27). The lowest BCUT2D eigenvalue weighted by molar-refractivity contribution is 0.0737. The molecule has 1 aromatic heterocycles. The minimum absolute atomic E-state index is 0.0579. The summed E-state index contributed by atoms with van der Waals surface area (Å²) in [6.45, 7) is 2.69. The van der Waals surface area contributed by atoms with Crippen LogP contribution in [-0.2, 0) is 0 Å². The molecule has 1 aromatic carbocycles. The number of amides is 1. The van der Waals surface area contributed by atoms with Gasteiger partial charge in [-0.3, -0.25) is 9.36 Å². The van der Waals surface area contributed by atoms with Crippen molar-refractivity contribution in [1.82, 2.24) is 19.8 Å². The summed E-state index contributed by atoms with van der Waals surface area (Å²) < 4.78 is 1.81. The lowest BCUT2D eigenvalue weighted by atomic mass is 9.93. The summed E-state index contributed by atoms with van der Waals surface area (Å²) in [5.74, 6) is 0.628. The van der Waals surface area contributed by atoms with Gasteiger partial charge >= 0.3 is 5.69 Å². The minimum Gasteiger partial charge on any atom is -0.393 e. The number of carbonyl (C=O) groups excluding carboxylic acids is 1. The number of benzene rings is 1. The van der Waals surface area contributed by atoms with Crippen LogP contribution in [0.1, 0.15) is 48.5 Å². The Morgan fingerprint density at radius 2 is 1.93 bits per heavy atom. The molecule has 2 saturated heterocycles. The van der Waals surface area contributed by atoms with E-state index in [9.17, 15) is 14.7 Å². The second-order valence-electron chi connectivity index (χ2n) is 8.27. The average Bonchev–Trinajstić information content (AvgIpc) is 3.35. The van der Waals surface area contributed by atoms with Gasteiger partial charge in [0.15, 0.2) is 0 Å². The van der Waals surface area contributed by atoms with Crippen LogP contribution < -0.4 is 11.0 Å². The lowest BCUT2D eigenvalue weighted by Gasteiger charge is -2.26. The largest absolute Gasteiger partial charge is 0.393 e. The van der Waals surface area contributed by atoms with Gasteiger partial charge in [0.1, 0.15) is 0 Å². The Morgan fingerprint density at radius 1 is 1.11 bits per heavy atom. The quantitative estimate of drug-likeness (QED) is 0.742. The van der Waals surface area contributed by atoms with Crippen LogP contribution in [-0.4, -0.2) is 57.2 Å². The molecular formula is C20H26N4O3. The van der Waals surface area contributed by atoms with Gasteiger partial charge in [-0.05, 0) is 56.2 Å². The Morgan fingerprint density at radius 3 is 2.74 bits per heavy atom. The summed E-state index contributed by atoms with van der Waals surface area (Å²) in [5.41, 5.74) is 2.08. The molecule has 2 aromatic rings. The molecule has 7 heteroatoms. The van der Waals surface area contributed by atoms with E-state index >= 15 is 0 Å². The number of aliphatic hydroxyl groups excluding tert-OH is 1. The van der Waals surface area contributed by atoms with Crippen molar-refractivity contribution in [2.45, 2.75) is 50.3 Å². The maximum absolute atomic E-state index is 13.0. The van der Waals surface area contributed by atoms with Gasteiger partial charge in [0, 0.05) is 37.3 Å². The maximum atomic E-state index is 13.0. The number of likely N-dealkylation sites (tertiary alicyclic amines) is 1. The molecule has 2 atom stereocenters. The van der Waals surface area contributed by atoms with Crippen molar-refractivity contribution in [2.24, 2.45) is 5.92 Å². The van der Waals surface area contributed by atoms with Crippen molar-refractivity contribution in [3.8, 4) is 0 Å². The van der Waals surface area contributed by atoms with Crippen molar-refractivity contribution < 1.29 is 9.90 Å². The number of H-pyrrole nitrogens is 1. The van der Waals surface area contributed by atoms with Crippen LogP contribution in [0, 0.1) is 5.92 Å². The molecule has 27 heavy (non-hydrogen) atoms. The van der Waals surface area contributed by atoms with Gasteiger partial charge < -0.3 is 20.3 Å². The van der Waals surface area contributed by atoms with Crippen molar-refractivity contribution in [1.29, 1.82) is 0 Å². The molecule has 1 saturated carbocycles. The van der Waals surface area contributed by atoms with Gasteiger partial charge in [-0.25, -0.2) is 4.79 Å². The van der Waals surface area contributed by atoms with Crippen molar-refractivity contribution in [2.75, 3.05) is 19.6 Å². The molecule has 5 rings (SSSR count). The van der Waals surface area contributed by atoms with E-state index in [4.69, 9.17) is 0 Å². The fourth-order valence-corrected chi connectivity index (χ4v) is 5.21. The van der Waals surface area contributed by atoms with Crippen LogP contribution in [0.2, 0.25) is 0 Å². The first kappa shape index (κ1) is 17.0. The van der Waals surface area contributed by atoms with Crippen molar-refractivity contribution in [3.05, 3.63) is 34.2 Å². The van der Waals surface area contributed by atoms with Crippen LogP contribution in [0.25, 0.3) is 11.0 Å². The normalized spacial score (nSPS) is 30.8. The van der Waals surface area contributed by atoms with E-state index in [-0.39, 0.29) is 23.7 Å². The van der Waals surface area contributed by atoms with Crippen molar-refractivity contribution >= 4 is 16.9 Å². The van der Waals surface area contributed by atoms with Crippen LogP contribution in [0.5, 0.6) is 0 Å². The molecule has 2 unspecified atom stereocenters. The molecule has 144 valence electrons. The number of rotatable bonds is 2. The van der Waals surface area contributed by atoms with Gasteiger partial charge in [0.2, 0.25) is 0 Å². The summed E-state index contributed by atoms with van der Waals surface area (Å²) in [6.07, 6.45) is 3.88.